The number of rotatable bonds is 5. The van der Waals surface area contributed by atoms with E-state index >= 15 is 0 Å². The molecule has 0 bridgehead atoms. The second-order valence-corrected chi connectivity index (χ2v) is 5.83. The summed E-state index contributed by atoms with van der Waals surface area (Å²) in [6.45, 7) is 12.8. The molecule has 1 N–H and O–H groups in total. The molecule has 1 aliphatic carbocycles. The fraction of sp³-hybridized carbons (Fsp3) is 1.00. The average molecular weight is 183 g/mol. The lowest BCUT2D eigenvalue weighted by Gasteiger charge is -2.16. The van der Waals surface area contributed by atoms with Crippen LogP contribution in [0, 0.1) is 17.3 Å². The summed E-state index contributed by atoms with van der Waals surface area (Å²) in [6.07, 6.45) is 2.71. The molecule has 2 atom stereocenters. The van der Waals surface area contributed by atoms with Crippen LogP contribution < -0.4 is 5.32 Å². The van der Waals surface area contributed by atoms with Crippen LogP contribution in [0.1, 0.15) is 47.5 Å². The summed E-state index contributed by atoms with van der Waals surface area (Å²) in [7, 11) is 0. The predicted molar refractivity (Wildman–Crippen MR) is 58.8 cm³/mol. The van der Waals surface area contributed by atoms with Gasteiger partial charge in [-0.25, -0.2) is 0 Å². The van der Waals surface area contributed by atoms with Gasteiger partial charge in [-0.3, -0.25) is 0 Å². The third kappa shape index (κ3) is 3.68. The van der Waals surface area contributed by atoms with Crippen LogP contribution in [0.4, 0.5) is 0 Å². The maximum atomic E-state index is 3.63. The zero-order chi connectivity index (χ0) is 10.1. The largest absolute Gasteiger partial charge is 0.314 e. The van der Waals surface area contributed by atoms with Crippen LogP contribution in [0.2, 0.25) is 0 Å². The minimum atomic E-state index is 0.630. The molecule has 13 heavy (non-hydrogen) atoms. The predicted octanol–water partition coefficient (Wildman–Crippen LogP) is 3.06. The Balaban J connectivity index is 2.06. The third-order valence-electron chi connectivity index (χ3n) is 3.26. The average Bonchev–Trinajstić information content (AvgIpc) is 2.53. The van der Waals surface area contributed by atoms with E-state index in [1.807, 2.05) is 0 Å². The highest BCUT2D eigenvalue weighted by atomic mass is 14.9. The standard InChI is InChI=1S/C12H25N/c1-9(2)6-10(3)13-8-11-7-12(11,4)5/h9-11,13H,6-8H2,1-5H3. The van der Waals surface area contributed by atoms with Gasteiger partial charge < -0.3 is 5.32 Å². The summed E-state index contributed by atoms with van der Waals surface area (Å²) in [4.78, 5) is 0. The Labute approximate surface area is 83.3 Å². The third-order valence-corrected chi connectivity index (χ3v) is 3.26. The minimum Gasteiger partial charge on any atom is -0.314 e. The molecule has 1 rings (SSSR count). The Bertz CT molecular complexity index is 161. The van der Waals surface area contributed by atoms with Gasteiger partial charge in [0.05, 0.1) is 0 Å². The zero-order valence-electron chi connectivity index (χ0n) is 9.85. The van der Waals surface area contributed by atoms with E-state index in [2.05, 4.69) is 39.9 Å². The van der Waals surface area contributed by atoms with Crippen LogP contribution >= 0.6 is 0 Å². The molecule has 0 aromatic heterocycles. The molecule has 78 valence electrons. The molecule has 0 spiro atoms. The van der Waals surface area contributed by atoms with Crippen molar-refractivity contribution in [2.45, 2.75) is 53.5 Å². The van der Waals surface area contributed by atoms with Crippen molar-refractivity contribution in [3.8, 4) is 0 Å². The van der Waals surface area contributed by atoms with E-state index in [9.17, 15) is 0 Å². The number of hydrogen-bond acceptors (Lipinski definition) is 1. The molecular formula is C12H25N. The van der Waals surface area contributed by atoms with Crippen molar-refractivity contribution in [3.63, 3.8) is 0 Å². The molecular weight excluding hydrogens is 158 g/mol. The Morgan fingerprint density at radius 1 is 1.31 bits per heavy atom. The van der Waals surface area contributed by atoms with Crippen LogP contribution in [-0.2, 0) is 0 Å². The first-order valence-corrected chi connectivity index (χ1v) is 5.65. The van der Waals surface area contributed by atoms with Gasteiger partial charge in [0.25, 0.3) is 0 Å². The highest BCUT2D eigenvalue weighted by Gasteiger charge is 2.44. The lowest BCUT2D eigenvalue weighted by atomic mass is 10.0. The topological polar surface area (TPSA) is 12.0 Å². The maximum Gasteiger partial charge on any atom is 0.00412 e. The van der Waals surface area contributed by atoms with E-state index < -0.39 is 0 Å². The Morgan fingerprint density at radius 2 is 1.85 bits per heavy atom. The summed E-state index contributed by atoms with van der Waals surface area (Å²) in [6, 6.07) is 0.691. The van der Waals surface area contributed by atoms with Gasteiger partial charge in [-0.15, -0.1) is 0 Å². The first-order valence-electron chi connectivity index (χ1n) is 5.65. The first-order chi connectivity index (χ1) is 5.92. The van der Waals surface area contributed by atoms with E-state index in [0.717, 1.165) is 11.8 Å². The maximum absolute atomic E-state index is 3.63. The number of hydrogen-bond donors (Lipinski definition) is 1. The zero-order valence-corrected chi connectivity index (χ0v) is 9.85. The summed E-state index contributed by atoms with van der Waals surface area (Å²) in [5.74, 6) is 1.75. The van der Waals surface area contributed by atoms with Crippen LogP contribution in [-0.4, -0.2) is 12.6 Å². The van der Waals surface area contributed by atoms with E-state index in [-0.39, 0.29) is 0 Å². The minimum absolute atomic E-state index is 0.630. The Morgan fingerprint density at radius 3 is 2.23 bits per heavy atom. The van der Waals surface area contributed by atoms with Gasteiger partial charge in [0, 0.05) is 6.04 Å². The molecule has 2 unspecified atom stereocenters. The van der Waals surface area contributed by atoms with E-state index in [1.165, 1.54) is 19.4 Å². The summed E-state index contributed by atoms with van der Waals surface area (Å²) in [5, 5.41) is 3.63. The number of nitrogens with one attached hydrogen (secondary N) is 1. The van der Waals surface area contributed by atoms with Crippen molar-refractivity contribution in [2.24, 2.45) is 17.3 Å². The molecule has 1 heteroatoms. The molecule has 1 aliphatic rings. The van der Waals surface area contributed by atoms with Crippen LogP contribution in [0.3, 0.4) is 0 Å². The Kier molecular flexibility index (Phi) is 3.39. The molecule has 0 heterocycles. The fourth-order valence-corrected chi connectivity index (χ4v) is 2.06. The van der Waals surface area contributed by atoms with Gasteiger partial charge in [0.15, 0.2) is 0 Å². The van der Waals surface area contributed by atoms with Crippen molar-refractivity contribution in [1.29, 1.82) is 0 Å². The summed E-state index contributed by atoms with van der Waals surface area (Å²) >= 11 is 0. The van der Waals surface area contributed by atoms with Crippen LogP contribution in [0.5, 0.6) is 0 Å². The highest BCUT2D eigenvalue weighted by molar-refractivity contribution is 4.96. The molecule has 0 saturated heterocycles. The van der Waals surface area contributed by atoms with Crippen molar-refractivity contribution < 1.29 is 0 Å². The quantitative estimate of drug-likeness (QED) is 0.691. The van der Waals surface area contributed by atoms with Crippen molar-refractivity contribution >= 4 is 0 Å². The van der Waals surface area contributed by atoms with Gasteiger partial charge in [-0.2, -0.15) is 0 Å². The summed E-state index contributed by atoms with van der Waals surface area (Å²) in [5.41, 5.74) is 0.630. The molecule has 0 aliphatic heterocycles. The normalized spacial score (nSPS) is 27.7. The highest BCUT2D eigenvalue weighted by Crippen LogP contribution is 2.51. The molecule has 0 radical (unpaired) electrons. The first kappa shape index (κ1) is 11.0. The molecule has 0 aromatic rings. The van der Waals surface area contributed by atoms with Crippen molar-refractivity contribution in [1.82, 2.24) is 5.32 Å². The van der Waals surface area contributed by atoms with Gasteiger partial charge >= 0.3 is 0 Å². The molecule has 0 aromatic carbocycles. The molecule has 1 nitrogen and oxygen atoms in total. The second-order valence-electron chi connectivity index (χ2n) is 5.83. The SMILES string of the molecule is CC(C)CC(C)NCC1CC1(C)C. The van der Waals surface area contributed by atoms with E-state index in [4.69, 9.17) is 0 Å². The molecule has 0 amide bonds. The van der Waals surface area contributed by atoms with E-state index in [0.29, 0.717) is 11.5 Å². The fourth-order valence-electron chi connectivity index (χ4n) is 2.06. The van der Waals surface area contributed by atoms with Gasteiger partial charge in [0.2, 0.25) is 0 Å². The summed E-state index contributed by atoms with van der Waals surface area (Å²) < 4.78 is 0. The van der Waals surface area contributed by atoms with Crippen LogP contribution in [0.15, 0.2) is 0 Å². The van der Waals surface area contributed by atoms with Gasteiger partial charge in [0.1, 0.15) is 0 Å². The van der Waals surface area contributed by atoms with Gasteiger partial charge in [-0.05, 0) is 43.6 Å². The molecule has 1 fully saturated rings. The van der Waals surface area contributed by atoms with Crippen LogP contribution in [0.25, 0.3) is 0 Å². The van der Waals surface area contributed by atoms with Crippen molar-refractivity contribution in [3.05, 3.63) is 0 Å². The Hall–Kier alpha value is -0.0400. The van der Waals surface area contributed by atoms with E-state index in [1.54, 1.807) is 0 Å². The molecule has 1 saturated carbocycles. The lowest BCUT2D eigenvalue weighted by Crippen LogP contribution is -2.30. The van der Waals surface area contributed by atoms with Gasteiger partial charge in [-0.1, -0.05) is 27.7 Å². The van der Waals surface area contributed by atoms with Crippen molar-refractivity contribution in [2.75, 3.05) is 6.54 Å². The monoisotopic (exact) mass is 183 g/mol. The second kappa shape index (κ2) is 4.00. The lowest BCUT2D eigenvalue weighted by molar-refractivity contribution is 0.418. The smallest absolute Gasteiger partial charge is 0.00412 e.